The van der Waals surface area contributed by atoms with Crippen molar-refractivity contribution < 1.29 is 13.9 Å². The van der Waals surface area contributed by atoms with Crippen LogP contribution in [0, 0.1) is 12.8 Å². The monoisotopic (exact) mass is 377 g/mol. The highest BCUT2D eigenvalue weighted by atomic mass is 16.5. The van der Waals surface area contributed by atoms with Crippen LogP contribution in [0.5, 0.6) is 5.75 Å². The number of rotatable bonds is 6. The van der Waals surface area contributed by atoms with E-state index >= 15 is 0 Å². The molecule has 3 aromatic rings. The number of hydrogen-bond donors (Lipinski definition) is 1. The maximum absolute atomic E-state index is 12.3. The van der Waals surface area contributed by atoms with Crippen LogP contribution in [-0.2, 0) is 6.61 Å². The minimum atomic E-state index is -0.369. The van der Waals surface area contributed by atoms with Crippen molar-refractivity contribution in [3.63, 3.8) is 0 Å². The molecule has 0 radical (unpaired) electrons. The Bertz CT molecular complexity index is 1060. The van der Waals surface area contributed by atoms with Gasteiger partial charge in [-0.25, -0.2) is 4.79 Å². The topological polar surface area (TPSA) is 68.5 Å². The first-order valence-electron chi connectivity index (χ1n) is 9.57. The summed E-state index contributed by atoms with van der Waals surface area (Å²) in [6.45, 7) is 4.30. The average Bonchev–Trinajstić information content (AvgIpc) is 3.51. The Balaban J connectivity index is 1.40. The first-order chi connectivity index (χ1) is 13.5. The second-order valence-electron chi connectivity index (χ2n) is 7.49. The second-order valence-corrected chi connectivity index (χ2v) is 7.49. The fraction of sp³-hybridized carbons (Fsp3) is 0.304. The molecule has 0 saturated heterocycles. The Kier molecular flexibility index (Phi) is 4.90. The zero-order valence-corrected chi connectivity index (χ0v) is 16.0. The molecule has 2 aromatic carbocycles. The summed E-state index contributed by atoms with van der Waals surface area (Å²) in [6, 6.07) is 14.6. The van der Waals surface area contributed by atoms with Gasteiger partial charge in [-0.15, -0.1) is 0 Å². The Labute approximate surface area is 163 Å². The number of carbonyl (C=O) groups excluding carboxylic acids is 1. The summed E-state index contributed by atoms with van der Waals surface area (Å²) in [5, 5.41) is 3.95. The zero-order chi connectivity index (χ0) is 19.7. The van der Waals surface area contributed by atoms with Crippen molar-refractivity contribution in [1.82, 2.24) is 5.32 Å². The fourth-order valence-corrected chi connectivity index (χ4v) is 3.32. The molecule has 0 unspecified atom stereocenters. The van der Waals surface area contributed by atoms with Gasteiger partial charge in [0, 0.05) is 29.1 Å². The molecule has 5 heteroatoms. The minimum Gasteiger partial charge on any atom is -0.489 e. The number of nitrogens with one attached hydrogen (secondary N) is 1. The van der Waals surface area contributed by atoms with Crippen molar-refractivity contribution in [2.75, 3.05) is 0 Å². The number of hydrogen-bond acceptors (Lipinski definition) is 4. The molecule has 28 heavy (non-hydrogen) atoms. The van der Waals surface area contributed by atoms with Gasteiger partial charge >= 0.3 is 5.63 Å². The molecule has 1 amide bonds. The summed E-state index contributed by atoms with van der Waals surface area (Å²) in [4.78, 5) is 23.8. The lowest BCUT2D eigenvalue weighted by atomic mass is 10.1. The normalized spacial score (nSPS) is 14.6. The summed E-state index contributed by atoms with van der Waals surface area (Å²) in [5.41, 5.74) is 2.63. The minimum absolute atomic E-state index is 0.0354. The molecule has 1 N–H and O–H groups in total. The van der Waals surface area contributed by atoms with E-state index in [4.69, 9.17) is 9.15 Å². The number of ether oxygens (including phenoxy) is 1. The quantitative estimate of drug-likeness (QED) is 0.654. The van der Waals surface area contributed by atoms with Gasteiger partial charge in [0.2, 0.25) is 0 Å². The molecule has 4 rings (SSSR count). The highest BCUT2D eigenvalue weighted by Crippen LogP contribution is 2.32. The van der Waals surface area contributed by atoms with Gasteiger partial charge < -0.3 is 14.5 Å². The van der Waals surface area contributed by atoms with Crippen LogP contribution in [0.2, 0.25) is 0 Å². The van der Waals surface area contributed by atoms with Crippen molar-refractivity contribution in [1.29, 1.82) is 0 Å². The Hall–Kier alpha value is -3.08. The molecule has 1 saturated carbocycles. The largest absolute Gasteiger partial charge is 0.489 e. The third kappa shape index (κ3) is 4.09. The Morgan fingerprint density at radius 2 is 1.93 bits per heavy atom. The smallest absolute Gasteiger partial charge is 0.336 e. The molecule has 1 aliphatic carbocycles. The van der Waals surface area contributed by atoms with Crippen molar-refractivity contribution in [3.05, 3.63) is 75.6 Å². The molecule has 1 aromatic heterocycles. The Morgan fingerprint density at radius 3 is 2.64 bits per heavy atom. The fourth-order valence-electron chi connectivity index (χ4n) is 3.32. The number of amides is 1. The van der Waals surface area contributed by atoms with E-state index in [2.05, 4.69) is 12.2 Å². The van der Waals surface area contributed by atoms with Crippen LogP contribution in [0.3, 0.4) is 0 Å². The first-order valence-corrected chi connectivity index (χ1v) is 9.57. The van der Waals surface area contributed by atoms with E-state index in [1.54, 1.807) is 6.07 Å². The molecule has 1 fully saturated rings. The van der Waals surface area contributed by atoms with Gasteiger partial charge in [-0.05, 0) is 68.0 Å². The third-order valence-electron chi connectivity index (χ3n) is 5.23. The molecule has 0 bridgehead atoms. The van der Waals surface area contributed by atoms with E-state index in [9.17, 15) is 9.59 Å². The zero-order valence-electron chi connectivity index (χ0n) is 16.0. The highest BCUT2D eigenvalue weighted by Gasteiger charge is 2.29. The lowest BCUT2D eigenvalue weighted by Crippen LogP contribution is -2.33. The molecule has 5 nitrogen and oxygen atoms in total. The van der Waals surface area contributed by atoms with E-state index in [1.807, 2.05) is 43.3 Å². The molecule has 1 atom stereocenters. The highest BCUT2D eigenvalue weighted by molar-refractivity contribution is 5.94. The van der Waals surface area contributed by atoms with E-state index in [1.165, 1.54) is 18.9 Å². The molecular formula is C23H23NO4. The average molecular weight is 377 g/mol. The molecule has 0 spiro atoms. The number of benzene rings is 2. The van der Waals surface area contributed by atoms with Crippen LogP contribution < -0.4 is 15.7 Å². The van der Waals surface area contributed by atoms with Gasteiger partial charge in [0.15, 0.2) is 0 Å². The lowest BCUT2D eigenvalue weighted by molar-refractivity contribution is 0.0936. The Morgan fingerprint density at radius 1 is 1.18 bits per heavy atom. The van der Waals surface area contributed by atoms with Gasteiger partial charge in [-0.2, -0.15) is 0 Å². The predicted molar refractivity (Wildman–Crippen MR) is 108 cm³/mol. The predicted octanol–water partition coefficient (Wildman–Crippen LogP) is 4.21. The second kappa shape index (κ2) is 7.50. The summed E-state index contributed by atoms with van der Waals surface area (Å²) in [5.74, 6) is 1.22. The third-order valence-corrected chi connectivity index (χ3v) is 5.23. The van der Waals surface area contributed by atoms with E-state index in [0.717, 1.165) is 16.5 Å². The van der Waals surface area contributed by atoms with Crippen LogP contribution in [0.1, 0.15) is 41.3 Å². The van der Waals surface area contributed by atoms with Crippen LogP contribution in [0.15, 0.2) is 57.7 Å². The lowest BCUT2D eigenvalue weighted by Gasteiger charge is -2.13. The van der Waals surface area contributed by atoms with Crippen molar-refractivity contribution in [3.8, 4) is 5.75 Å². The number of aryl methyl sites for hydroxylation is 1. The summed E-state index contributed by atoms with van der Waals surface area (Å²) < 4.78 is 11.1. The van der Waals surface area contributed by atoms with E-state index in [0.29, 0.717) is 29.4 Å². The molecule has 0 aliphatic heterocycles. The van der Waals surface area contributed by atoms with E-state index in [-0.39, 0.29) is 17.6 Å². The summed E-state index contributed by atoms with van der Waals surface area (Å²) >= 11 is 0. The van der Waals surface area contributed by atoms with Gasteiger partial charge in [-0.1, -0.05) is 12.1 Å². The number of carbonyl (C=O) groups is 1. The summed E-state index contributed by atoms with van der Waals surface area (Å²) in [6.07, 6.45) is 2.41. The summed E-state index contributed by atoms with van der Waals surface area (Å²) in [7, 11) is 0. The first kappa shape index (κ1) is 18.3. The molecule has 144 valence electrons. The molecule has 1 heterocycles. The van der Waals surface area contributed by atoms with Crippen LogP contribution in [0.4, 0.5) is 0 Å². The molecular weight excluding hydrogens is 354 g/mol. The van der Waals surface area contributed by atoms with Crippen molar-refractivity contribution in [2.45, 2.75) is 39.3 Å². The SMILES string of the molecule is Cc1cc(=O)oc2cc(OCc3ccc(C(=O)N[C@@H](C)C4CC4)cc3)ccc12. The van der Waals surface area contributed by atoms with Crippen LogP contribution in [-0.4, -0.2) is 11.9 Å². The van der Waals surface area contributed by atoms with Gasteiger partial charge in [0.05, 0.1) is 0 Å². The van der Waals surface area contributed by atoms with Crippen LogP contribution in [0.25, 0.3) is 11.0 Å². The van der Waals surface area contributed by atoms with Crippen LogP contribution >= 0.6 is 0 Å². The standard InChI is InChI=1S/C23H23NO4/c1-14-11-22(25)28-21-12-19(9-10-20(14)21)27-13-16-3-5-18(6-4-16)23(26)24-15(2)17-7-8-17/h3-6,9-12,15,17H,7-8,13H2,1-2H3,(H,24,26)/t15-/m0/s1. The maximum atomic E-state index is 12.3. The van der Waals surface area contributed by atoms with Gasteiger partial charge in [0.1, 0.15) is 17.9 Å². The van der Waals surface area contributed by atoms with Crippen molar-refractivity contribution in [2.24, 2.45) is 5.92 Å². The van der Waals surface area contributed by atoms with Gasteiger partial charge in [0.25, 0.3) is 5.91 Å². The molecule has 1 aliphatic rings. The van der Waals surface area contributed by atoms with Gasteiger partial charge in [-0.3, -0.25) is 4.79 Å². The van der Waals surface area contributed by atoms with E-state index < -0.39 is 0 Å². The maximum Gasteiger partial charge on any atom is 0.336 e. The van der Waals surface area contributed by atoms with Crippen molar-refractivity contribution >= 4 is 16.9 Å². The number of fused-ring (bicyclic) bond motifs is 1.